The number of methoxy groups -OCH3 is 1. The summed E-state index contributed by atoms with van der Waals surface area (Å²) >= 11 is 0. The maximum absolute atomic E-state index is 12.7. The van der Waals surface area contributed by atoms with Gasteiger partial charge in [-0.25, -0.2) is 0 Å². The van der Waals surface area contributed by atoms with E-state index in [2.05, 4.69) is 17.1 Å². The Morgan fingerprint density at radius 3 is 3.00 bits per heavy atom. The Kier molecular flexibility index (Phi) is 6.05. The number of rotatable bonds is 6. The van der Waals surface area contributed by atoms with E-state index < -0.39 is 0 Å². The summed E-state index contributed by atoms with van der Waals surface area (Å²) in [5.41, 5.74) is 1.02. The van der Waals surface area contributed by atoms with Gasteiger partial charge in [-0.1, -0.05) is 19.1 Å². The summed E-state index contributed by atoms with van der Waals surface area (Å²) in [5.74, 6) is 1.03. The third-order valence-corrected chi connectivity index (χ3v) is 3.99. The number of hydrogen-bond acceptors (Lipinski definition) is 3. The lowest BCUT2D eigenvalue weighted by atomic mass is 10.0. The maximum Gasteiger partial charge on any atom is 0.227 e. The van der Waals surface area contributed by atoms with E-state index >= 15 is 0 Å². The molecule has 1 N–H and O–H groups in total. The van der Waals surface area contributed by atoms with Gasteiger partial charge >= 0.3 is 0 Å². The second kappa shape index (κ2) is 8.03. The molecular formula is C17H26N2O2. The molecule has 1 aromatic rings. The molecule has 1 heterocycles. The van der Waals surface area contributed by atoms with Crippen molar-refractivity contribution in [3.8, 4) is 5.75 Å². The molecule has 1 atom stereocenters. The van der Waals surface area contributed by atoms with Gasteiger partial charge in [0.15, 0.2) is 0 Å². The molecule has 0 aliphatic carbocycles. The molecule has 0 bridgehead atoms. The molecule has 1 fully saturated rings. The number of amides is 1. The molecule has 4 heteroatoms. The van der Waals surface area contributed by atoms with Gasteiger partial charge in [-0.2, -0.15) is 0 Å². The van der Waals surface area contributed by atoms with Crippen molar-refractivity contribution in [2.24, 2.45) is 0 Å². The SMILES string of the molecule is CCCN(C(=O)Cc1cccc(OC)c1)C1CCCNC1. The summed E-state index contributed by atoms with van der Waals surface area (Å²) in [6, 6.07) is 8.12. The van der Waals surface area contributed by atoms with Gasteiger partial charge in [0.1, 0.15) is 5.75 Å². The number of nitrogens with zero attached hydrogens (tertiary/aromatic N) is 1. The van der Waals surface area contributed by atoms with E-state index in [-0.39, 0.29) is 5.91 Å². The van der Waals surface area contributed by atoms with E-state index in [1.807, 2.05) is 24.3 Å². The number of carbonyl (C=O) groups is 1. The highest BCUT2D eigenvalue weighted by molar-refractivity contribution is 5.79. The molecule has 0 spiro atoms. The van der Waals surface area contributed by atoms with Gasteiger partial charge in [0.25, 0.3) is 0 Å². The monoisotopic (exact) mass is 290 g/mol. The topological polar surface area (TPSA) is 41.6 Å². The molecule has 116 valence electrons. The predicted molar refractivity (Wildman–Crippen MR) is 84.6 cm³/mol. The van der Waals surface area contributed by atoms with E-state index in [1.165, 1.54) is 0 Å². The number of benzene rings is 1. The fourth-order valence-corrected chi connectivity index (χ4v) is 2.91. The lowest BCUT2D eigenvalue weighted by molar-refractivity contribution is -0.133. The van der Waals surface area contributed by atoms with Gasteiger partial charge in [-0.05, 0) is 43.5 Å². The number of piperidine rings is 1. The van der Waals surface area contributed by atoms with E-state index in [0.717, 1.165) is 50.2 Å². The third kappa shape index (κ3) is 4.46. The predicted octanol–water partition coefficient (Wildman–Crippen LogP) is 2.23. The first-order valence-electron chi connectivity index (χ1n) is 7.87. The summed E-state index contributed by atoms with van der Waals surface area (Å²) in [4.78, 5) is 14.7. The molecule has 1 saturated heterocycles. The van der Waals surface area contributed by atoms with Gasteiger partial charge in [0, 0.05) is 19.1 Å². The Morgan fingerprint density at radius 1 is 1.48 bits per heavy atom. The van der Waals surface area contributed by atoms with Crippen LogP contribution in [0.4, 0.5) is 0 Å². The zero-order chi connectivity index (χ0) is 15.1. The van der Waals surface area contributed by atoms with Gasteiger partial charge in [0.05, 0.1) is 13.5 Å². The quantitative estimate of drug-likeness (QED) is 0.873. The van der Waals surface area contributed by atoms with Crippen molar-refractivity contribution in [2.45, 2.75) is 38.6 Å². The molecule has 0 radical (unpaired) electrons. The molecule has 0 saturated carbocycles. The fourth-order valence-electron chi connectivity index (χ4n) is 2.91. The van der Waals surface area contributed by atoms with Crippen LogP contribution in [0.3, 0.4) is 0 Å². The fraction of sp³-hybridized carbons (Fsp3) is 0.588. The molecule has 1 aliphatic heterocycles. The standard InChI is InChI=1S/C17H26N2O2/c1-3-10-19(15-7-5-9-18-13-15)17(20)12-14-6-4-8-16(11-14)21-2/h4,6,8,11,15,18H,3,5,7,9-10,12-13H2,1-2H3. The zero-order valence-electron chi connectivity index (χ0n) is 13.1. The van der Waals surface area contributed by atoms with Crippen molar-refractivity contribution in [1.82, 2.24) is 10.2 Å². The average Bonchev–Trinajstić information content (AvgIpc) is 2.53. The van der Waals surface area contributed by atoms with Crippen LogP contribution in [-0.4, -0.2) is 43.6 Å². The average molecular weight is 290 g/mol. The van der Waals surface area contributed by atoms with Crippen LogP contribution in [0.1, 0.15) is 31.7 Å². The van der Waals surface area contributed by atoms with Crippen LogP contribution in [-0.2, 0) is 11.2 Å². The summed E-state index contributed by atoms with van der Waals surface area (Å²) in [6.45, 7) is 4.96. The van der Waals surface area contributed by atoms with Crippen LogP contribution in [0.25, 0.3) is 0 Å². The van der Waals surface area contributed by atoms with Crippen molar-refractivity contribution in [1.29, 1.82) is 0 Å². The number of hydrogen-bond donors (Lipinski definition) is 1. The first-order chi connectivity index (χ1) is 10.2. The Hall–Kier alpha value is -1.55. The van der Waals surface area contributed by atoms with Crippen molar-refractivity contribution in [3.05, 3.63) is 29.8 Å². The molecule has 1 amide bonds. The smallest absolute Gasteiger partial charge is 0.227 e. The van der Waals surface area contributed by atoms with Crippen LogP contribution in [0.2, 0.25) is 0 Å². The summed E-state index contributed by atoms with van der Waals surface area (Å²) < 4.78 is 5.23. The van der Waals surface area contributed by atoms with Crippen LogP contribution in [0.5, 0.6) is 5.75 Å². The highest BCUT2D eigenvalue weighted by Gasteiger charge is 2.24. The van der Waals surface area contributed by atoms with E-state index in [4.69, 9.17) is 4.74 Å². The summed E-state index contributed by atoms with van der Waals surface area (Å²) in [6.07, 6.45) is 3.71. The number of ether oxygens (including phenoxy) is 1. The summed E-state index contributed by atoms with van der Waals surface area (Å²) in [7, 11) is 1.65. The van der Waals surface area contributed by atoms with Crippen molar-refractivity contribution in [2.75, 3.05) is 26.7 Å². The van der Waals surface area contributed by atoms with Crippen molar-refractivity contribution >= 4 is 5.91 Å². The van der Waals surface area contributed by atoms with E-state index in [0.29, 0.717) is 12.5 Å². The minimum atomic E-state index is 0.221. The molecular weight excluding hydrogens is 264 g/mol. The summed E-state index contributed by atoms with van der Waals surface area (Å²) in [5, 5.41) is 3.40. The number of carbonyl (C=O) groups excluding carboxylic acids is 1. The Bertz CT molecular complexity index is 456. The molecule has 21 heavy (non-hydrogen) atoms. The van der Waals surface area contributed by atoms with Gasteiger partial charge < -0.3 is 15.0 Å². The first-order valence-corrected chi connectivity index (χ1v) is 7.87. The largest absolute Gasteiger partial charge is 0.497 e. The van der Waals surface area contributed by atoms with Gasteiger partial charge in [-0.15, -0.1) is 0 Å². The molecule has 1 aliphatic rings. The van der Waals surface area contributed by atoms with Gasteiger partial charge in [0.2, 0.25) is 5.91 Å². The minimum Gasteiger partial charge on any atom is -0.497 e. The minimum absolute atomic E-state index is 0.221. The van der Waals surface area contributed by atoms with Crippen LogP contribution < -0.4 is 10.1 Å². The first kappa shape index (κ1) is 15.8. The highest BCUT2D eigenvalue weighted by atomic mass is 16.5. The van der Waals surface area contributed by atoms with Crippen molar-refractivity contribution < 1.29 is 9.53 Å². The van der Waals surface area contributed by atoms with Crippen LogP contribution in [0.15, 0.2) is 24.3 Å². The lowest BCUT2D eigenvalue weighted by Gasteiger charge is -2.34. The Labute approximate surface area is 127 Å². The molecule has 1 unspecified atom stereocenters. The molecule has 1 aromatic carbocycles. The lowest BCUT2D eigenvalue weighted by Crippen LogP contribution is -2.49. The Balaban J connectivity index is 2.03. The maximum atomic E-state index is 12.7. The van der Waals surface area contributed by atoms with E-state index in [9.17, 15) is 4.79 Å². The molecule has 0 aromatic heterocycles. The second-order valence-electron chi connectivity index (χ2n) is 5.62. The molecule has 4 nitrogen and oxygen atoms in total. The number of nitrogens with one attached hydrogen (secondary N) is 1. The van der Waals surface area contributed by atoms with E-state index in [1.54, 1.807) is 7.11 Å². The third-order valence-electron chi connectivity index (χ3n) is 3.99. The zero-order valence-corrected chi connectivity index (χ0v) is 13.1. The molecule has 2 rings (SSSR count). The second-order valence-corrected chi connectivity index (χ2v) is 5.62. The van der Waals surface area contributed by atoms with Crippen LogP contribution in [0, 0.1) is 0 Å². The van der Waals surface area contributed by atoms with Gasteiger partial charge in [-0.3, -0.25) is 4.79 Å². The van der Waals surface area contributed by atoms with Crippen molar-refractivity contribution in [3.63, 3.8) is 0 Å². The normalized spacial score (nSPS) is 18.3. The van der Waals surface area contributed by atoms with Crippen LogP contribution >= 0.6 is 0 Å². The highest BCUT2D eigenvalue weighted by Crippen LogP contribution is 2.16. The Morgan fingerprint density at radius 2 is 2.33 bits per heavy atom.